The Kier molecular flexibility index (Phi) is 5.77. The van der Waals surface area contributed by atoms with Crippen molar-refractivity contribution >= 4 is 52.5 Å². The molecule has 1 aromatic heterocycles. The van der Waals surface area contributed by atoms with Gasteiger partial charge in [0.05, 0.1) is 10.9 Å². The van der Waals surface area contributed by atoms with Crippen LogP contribution in [0.1, 0.15) is 16.4 Å². The number of para-hydroxylation sites is 1. The number of thioether (sulfide) groups is 1. The predicted octanol–water partition coefficient (Wildman–Crippen LogP) is 2.36. The van der Waals surface area contributed by atoms with Gasteiger partial charge in [0.15, 0.2) is 0 Å². The summed E-state index contributed by atoms with van der Waals surface area (Å²) in [5.41, 5.74) is 6.34. The van der Waals surface area contributed by atoms with E-state index in [4.69, 9.17) is 5.73 Å². The molecule has 0 spiro atoms. The summed E-state index contributed by atoms with van der Waals surface area (Å²) in [4.78, 5) is 64.0. The molecule has 9 nitrogen and oxygen atoms in total. The number of urea groups is 1. The molecule has 3 heterocycles. The largest absolute Gasteiger partial charge is 0.351 e. The highest BCUT2D eigenvalue weighted by Crippen LogP contribution is 2.53. The van der Waals surface area contributed by atoms with E-state index >= 15 is 0 Å². The van der Waals surface area contributed by atoms with Gasteiger partial charge in [-0.25, -0.2) is 9.18 Å². The van der Waals surface area contributed by atoms with E-state index < -0.39 is 51.5 Å². The van der Waals surface area contributed by atoms with Crippen LogP contribution in [-0.4, -0.2) is 38.5 Å². The number of hydrogen-bond acceptors (Lipinski definition) is 7. The molecule has 0 saturated carbocycles. The molecule has 2 aromatic carbocycles. The zero-order valence-electron chi connectivity index (χ0n) is 17.8. The van der Waals surface area contributed by atoms with E-state index in [1.807, 2.05) is 0 Å². The molecule has 5 rings (SSSR count). The molecule has 2 aliphatic heterocycles. The molecule has 0 bridgehead atoms. The average Bonchev–Trinajstić information content (AvgIpc) is 3.26. The maximum Gasteiger partial charge on any atom is 0.328 e. The number of amides is 5. The van der Waals surface area contributed by atoms with Gasteiger partial charge in [-0.2, -0.15) is 4.90 Å². The number of carbonyl (C=O) groups is 4. The van der Waals surface area contributed by atoms with Crippen molar-refractivity contribution in [2.45, 2.75) is 22.7 Å². The minimum Gasteiger partial charge on any atom is -0.351 e. The van der Waals surface area contributed by atoms with Crippen LogP contribution in [0.4, 0.5) is 14.9 Å². The lowest BCUT2D eigenvalue weighted by atomic mass is 9.83. The van der Waals surface area contributed by atoms with Gasteiger partial charge in [-0.05, 0) is 29.8 Å². The summed E-state index contributed by atoms with van der Waals surface area (Å²) in [5, 5.41) is 2.03. The second kappa shape index (κ2) is 8.78. The molecular formula is C23H17FN4O5S2. The third-order valence-electron chi connectivity index (χ3n) is 5.86. The smallest absolute Gasteiger partial charge is 0.328 e. The molecule has 3 N–H and O–H groups in total. The normalized spacial score (nSPS) is 20.9. The number of nitrogens with one attached hydrogen (secondary N) is 1. The van der Waals surface area contributed by atoms with E-state index in [0.29, 0.717) is 26.1 Å². The minimum atomic E-state index is -1.18. The Bertz CT molecular complexity index is 1420. The van der Waals surface area contributed by atoms with Gasteiger partial charge in [0.2, 0.25) is 11.8 Å². The predicted molar refractivity (Wildman–Crippen MR) is 126 cm³/mol. The van der Waals surface area contributed by atoms with Gasteiger partial charge in [0.25, 0.3) is 5.91 Å². The lowest BCUT2D eigenvalue weighted by Gasteiger charge is -2.30. The summed E-state index contributed by atoms with van der Waals surface area (Å²) >= 11 is 1.81. The van der Waals surface area contributed by atoms with Crippen molar-refractivity contribution in [1.82, 2.24) is 9.47 Å². The minimum absolute atomic E-state index is 0.318. The Balaban J connectivity index is 1.58. The van der Waals surface area contributed by atoms with Gasteiger partial charge >= 0.3 is 10.9 Å². The highest BCUT2D eigenvalue weighted by molar-refractivity contribution is 8.00. The van der Waals surface area contributed by atoms with Crippen molar-refractivity contribution in [2.75, 3.05) is 5.32 Å². The SMILES string of the molecule is NC(=O)N1C(=O)C2Sc3c(sc(=O)n3CC(=O)Nc3ccccc3)[C@@H](c3ccc(F)cc3)C2C1=O. The number of nitrogens with zero attached hydrogens (tertiary/aromatic N) is 2. The molecule has 0 aliphatic carbocycles. The van der Waals surface area contributed by atoms with Gasteiger partial charge in [-0.1, -0.05) is 53.4 Å². The first-order valence-electron chi connectivity index (χ1n) is 10.4. The second-order valence-electron chi connectivity index (χ2n) is 7.98. The monoisotopic (exact) mass is 512 g/mol. The van der Waals surface area contributed by atoms with Crippen LogP contribution in [0.15, 0.2) is 64.4 Å². The third kappa shape index (κ3) is 3.94. The first kappa shape index (κ1) is 23.0. The molecule has 35 heavy (non-hydrogen) atoms. The van der Waals surface area contributed by atoms with E-state index in [0.717, 1.165) is 23.1 Å². The lowest BCUT2D eigenvalue weighted by Crippen LogP contribution is -2.41. The molecule has 0 radical (unpaired) electrons. The van der Waals surface area contributed by atoms with Crippen LogP contribution in [0.3, 0.4) is 0 Å². The summed E-state index contributed by atoms with van der Waals surface area (Å²) in [7, 11) is 0. The maximum atomic E-state index is 13.6. The molecule has 5 amide bonds. The van der Waals surface area contributed by atoms with E-state index in [-0.39, 0.29) is 6.54 Å². The number of halogens is 1. The molecule has 2 unspecified atom stereocenters. The molecule has 2 aliphatic rings. The standard InChI is InChI=1S/C23H17FN4O5S2/c24-12-8-6-11(7-9-12)15-16-17(20(31)28(19(16)30)22(25)32)34-21-18(15)35-23(33)27(21)10-14(29)26-13-4-2-1-3-5-13/h1-9,15-17H,10H2,(H2,25,32)(H,26,29)/t15-,16?,17?/m0/s1. The Morgan fingerprint density at radius 2 is 1.69 bits per heavy atom. The van der Waals surface area contributed by atoms with Crippen LogP contribution in [0, 0.1) is 11.7 Å². The number of rotatable bonds is 4. The summed E-state index contributed by atoms with van der Waals surface area (Å²) in [6, 6.07) is 12.9. The highest BCUT2D eigenvalue weighted by atomic mass is 32.2. The van der Waals surface area contributed by atoms with Crippen molar-refractivity contribution < 1.29 is 23.6 Å². The van der Waals surface area contributed by atoms with Crippen LogP contribution in [0.25, 0.3) is 0 Å². The molecule has 1 fully saturated rings. The van der Waals surface area contributed by atoms with Crippen molar-refractivity contribution in [1.29, 1.82) is 0 Å². The number of carbonyl (C=O) groups excluding carboxylic acids is 4. The van der Waals surface area contributed by atoms with Gasteiger partial charge in [0, 0.05) is 16.5 Å². The summed E-state index contributed by atoms with van der Waals surface area (Å²) in [5.74, 6) is -4.31. The number of imide groups is 3. The average molecular weight is 513 g/mol. The zero-order chi connectivity index (χ0) is 24.9. The first-order valence-corrected chi connectivity index (χ1v) is 12.1. The first-order chi connectivity index (χ1) is 16.8. The fraction of sp³-hybridized carbons (Fsp3) is 0.174. The number of nitrogens with two attached hydrogens (primary N) is 1. The van der Waals surface area contributed by atoms with Crippen molar-refractivity contribution in [3.05, 3.63) is 80.5 Å². The van der Waals surface area contributed by atoms with Crippen LogP contribution in [-0.2, 0) is 20.9 Å². The van der Waals surface area contributed by atoms with Crippen molar-refractivity contribution in [3.8, 4) is 0 Å². The summed E-state index contributed by atoms with van der Waals surface area (Å²) < 4.78 is 14.9. The number of primary amides is 1. The van der Waals surface area contributed by atoms with Crippen LogP contribution in [0.2, 0.25) is 0 Å². The maximum absolute atomic E-state index is 13.6. The fourth-order valence-electron chi connectivity index (χ4n) is 4.37. The van der Waals surface area contributed by atoms with E-state index in [9.17, 15) is 28.4 Å². The number of hydrogen-bond donors (Lipinski definition) is 2. The zero-order valence-corrected chi connectivity index (χ0v) is 19.5. The van der Waals surface area contributed by atoms with Gasteiger partial charge in [-0.15, -0.1) is 0 Å². The van der Waals surface area contributed by atoms with Crippen LogP contribution < -0.4 is 15.9 Å². The molecule has 3 atom stereocenters. The topological polar surface area (TPSA) is 132 Å². The van der Waals surface area contributed by atoms with Gasteiger partial charge < -0.3 is 11.1 Å². The number of benzene rings is 2. The lowest BCUT2D eigenvalue weighted by molar-refractivity contribution is -0.135. The van der Waals surface area contributed by atoms with Crippen molar-refractivity contribution in [3.63, 3.8) is 0 Å². The third-order valence-corrected chi connectivity index (χ3v) is 8.46. The molecule has 3 aromatic rings. The van der Waals surface area contributed by atoms with Crippen molar-refractivity contribution in [2.24, 2.45) is 11.7 Å². The Morgan fingerprint density at radius 1 is 1.00 bits per heavy atom. The Hall–Kier alpha value is -3.77. The second-order valence-corrected chi connectivity index (χ2v) is 10.1. The van der Waals surface area contributed by atoms with E-state index in [1.165, 1.54) is 28.8 Å². The van der Waals surface area contributed by atoms with E-state index in [1.54, 1.807) is 30.3 Å². The summed E-state index contributed by atoms with van der Waals surface area (Å²) in [6.07, 6.45) is 0. The molecular weight excluding hydrogens is 495 g/mol. The molecule has 178 valence electrons. The number of likely N-dealkylation sites (tertiary alicyclic amines) is 1. The van der Waals surface area contributed by atoms with Crippen LogP contribution in [0.5, 0.6) is 0 Å². The fourth-order valence-corrected chi connectivity index (χ4v) is 7.14. The Morgan fingerprint density at radius 3 is 2.34 bits per heavy atom. The Labute approximate surface area is 205 Å². The summed E-state index contributed by atoms with van der Waals surface area (Å²) in [6.45, 7) is -0.318. The molecule has 12 heteroatoms. The number of aromatic nitrogens is 1. The van der Waals surface area contributed by atoms with Crippen LogP contribution >= 0.6 is 23.1 Å². The number of fused-ring (bicyclic) bond motifs is 2. The van der Waals surface area contributed by atoms with Gasteiger partial charge in [-0.3, -0.25) is 23.7 Å². The molecule has 1 saturated heterocycles. The highest BCUT2D eigenvalue weighted by Gasteiger charge is 2.57. The quantitative estimate of drug-likeness (QED) is 0.516. The number of thiazole rings is 1. The van der Waals surface area contributed by atoms with E-state index in [2.05, 4.69) is 5.32 Å². The van der Waals surface area contributed by atoms with Gasteiger partial charge in [0.1, 0.15) is 17.6 Å². The number of anilines is 1.